The van der Waals surface area contributed by atoms with Gasteiger partial charge in [-0.25, -0.2) is 0 Å². The van der Waals surface area contributed by atoms with Crippen LogP contribution in [0.25, 0.3) is 0 Å². The van der Waals surface area contributed by atoms with Crippen LogP contribution in [0.5, 0.6) is 5.75 Å². The van der Waals surface area contributed by atoms with Crippen molar-refractivity contribution in [1.29, 1.82) is 0 Å². The van der Waals surface area contributed by atoms with E-state index in [9.17, 15) is 9.90 Å². The van der Waals surface area contributed by atoms with E-state index in [2.05, 4.69) is 5.32 Å². The van der Waals surface area contributed by atoms with E-state index in [1.807, 2.05) is 13.8 Å². The Morgan fingerprint density at radius 2 is 2.18 bits per heavy atom. The molecule has 4 heteroatoms. The molecule has 94 valence electrons. The van der Waals surface area contributed by atoms with Gasteiger partial charge in [0.25, 0.3) is 5.91 Å². The number of nitrogens with one attached hydrogen (secondary N) is 1. The zero-order valence-electron chi connectivity index (χ0n) is 10.1. The molecular weight excluding hydrogens is 238 g/mol. The van der Waals surface area contributed by atoms with Crippen LogP contribution < -0.4 is 5.32 Å². The van der Waals surface area contributed by atoms with Gasteiger partial charge in [-0.05, 0) is 30.5 Å². The first-order chi connectivity index (χ1) is 8.04. The predicted molar refractivity (Wildman–Crippen MR) is 69.5 cm³/mol. The summed E-state index contributed by atoms with van der Waals surface area (Å²) in [7, 11) is 0. The molecule has 0 spiro atoms. The number of phenols is 1. The molecule has 0 bridgehead atoms. The van der Waals surface area contributed by atoms with E-state index in [-0.39, 0.29) is 17.7 Å². The summed E-state index contributed by atoms with van der Waals surface area (Å²) >= 11 is 5.70. The van der Waals surface area contributed by atoms with Gasteiger partial charge in [-0.2, -0.15) is 0 Å². The highest BCUT2D eigenvalue weighted by Crippen LogP contribution is 2.13. The minimum atomic E-state index is -0.176. The maximum absolute atomic E-state index is 11.9. The topological polar surface area (TPSA) is 49.3 Å². The summed E-state index contributed by atoms with van der Waals surface area (Å²) in [6, 6.07) is 6.37. The predicted octanol–water partition coefficient (Wildman–Crippen LogP) is 2.78. The number of rotatable bonds is 5. The molecule has 0 aliphatic heterocycles. The molecule has 0 saturated heterocycles. The molecule has 17 heavy (non-hydrogen) atoms. The van der Waals surface area contributed by atoms with Gasteiger partial charge in [0.05, 0.1) is 0 Å². The Hall–Kier alpha value is -1.22. The Morgan fingerprint density at radius 1 is 1.47 bits per heavy atom. The fourth-order valence-corrected chi connectivity index (χ4v) is 1.82. The van der Waals surface area contributed by atoms with Crippen LogP contribution >= 0.6 is 11.6 Å². The molecule has 0 aromatic heterocycles. The Kier molecular flexibility index (Phi) is 5.29. The van der Waals surface area contributed by atoms with Crippen LogP contribution in [-0.2, 0) is 0 Å². The van der Waals surface area contributed by atoms with Gasteiger partial charge in [0.2, 0.25) is 0 Å². The first kappa shape index (κ1) is 13.8. The van der Waals surface area contributed by atoms with Crippen LogP contribution in [0, 0.1) is 5.92 Å². The molecule has 1 atom stereocenters. The molecule has 1 aromatic rings. The molecule has 0 saturated carbocycles. The van der Waals surface area contributed by atoms with Crippen LogP contribution in [0.15, 0.2) is 24.3 Å². The molecule has 0 aliphatic rings. The highest BCUT2D eigenvalue weighted by atomic mass is 35.5. The summed E-state index contributed by atoms with van der Waals surface area (Å²) in [6.07, 6.45) is 0.740. The van der Waals surface area contributed by atoms with E-state index in [1.54, 1.807) is 12.1 Å². The zero-order valence-corrected chi connectivity index (χ0v) is 10.9. The minimum Gasteiger partial charge on any atom is -0.508 e. The average molecular weight is 256 g/mol. The first-order valence-electron chi connectivity index (χ1n) is 5.70. The molecule has 1 aromatic carbocycles. The van der Waals surface area contributed by atoms with Crippen molar-refractivity contribution in [2.75, 3.05) is 5.88 Å². The third kappa shape index (κ3) is 4.27. The number of hydrogen-bond donors (Lipinski definition) is 2. The SMILES string of the molecule is CC(C)C(CCCl)NC(=O)c1cccc(O)c1. The molecule has 1 unspecified atom stereocenters. The third-order valence-electron chi connectivity index (χ3n) is 2.65. The number of carbonyl (C=O) groups is 1. The lowest BCUT2D eigenvalue weighted by Gasteiger charge is -2.21. The standard InChI is InChI=1S/C13H18ClNO2/c1-9(2)12(6-7-14)15-13(17)10-4-3-5-11(16)8-10/h3-5,8-9,12,16H,6-7H2,1-2H3,(H,15,17). The second kappa shape index (κ2) is 6.50. The fraction of sp³-hybridized carbons (Fsp3) is 0.462. The Morgan fingerprint density at radius 3 is 2.71 bits per heavy atom. The molecule has 2 N–H and O–H groups in total. The summed E-state index contributed by atoms with van der Waals surface area (Å²) < 4.78 is 0. The lowest BCUT2D eigenvalue weighted by atomic mass is 10.0. The average Bonchev–Trinajstić information content (AvgIpc) is 2.28. The molecule has 0 fully saturated rings. The number of amides is 1. The Bertz CT molecular complexity index is 379. The molecule has 1 amide bonds. The Balaban J connectivity index is 2.70. The second-order valence-corrected chi connectivity index (χ2v) is 4.73. The highest BCUT2D eigenvalue weighted by Gasteiger charge is 2.16. The number of halogens is 1. The van der Waals surface area contributed by atoms with Gasteiger partial charge in [-0.1, -0.05) is 19.9 Å². The van der Waals surface area contributed by atoms with Crippen molar-refractivity contribution in [3.63, 3.8) is 0 Å². The molecule has 1 rings (SSSR count). The minimum absolute atomic E-state index is 0.0577. The number of carbonyl (C=O) groups excluding carboxylic acids is 1. The van der Waals surface area contributed by atoms with E-state index >= 15 is 0 Å². The lowest BCUT2D eigenvalue weighted by Crippen LogP contribution is -2.38. The summed E-state index contributed by atoms with van der Waals surface area (Å²) in [5.74, 6) is 0.763. The van der Waals surface area contributed by atoms with Gasteiger partial charge in [-0.15, -0.1) is 11.6 Å². The van der Waals surface area contributed by atoms with Crippen molar-refractivity contribution in [2.24, 2.45) is 5.92 Å². The van der Waals surface area contributed by atoms with E-state index in [4.69, 9.17) is 11.6 Å². The van der Waals surface area contributed by atoms with Crippen LogP contribution in [0.1, 0.15) is 30.6 Å². The highest BCUT2D eigenvalue weighted by molar-refractivity contribution is 6.17. The van der Waals surface area contributed by atoms with Gasteiger partial charge in [0, 0.05) is 17.5 Å². The maximum atomic E-state index is 11.9. The number of benzene rings is 1. The first-order valence-corrected chi connectivity index (χ1v) is 6.24. The van der Waals surface area contributed by atoms with E-state index in [1.165, 1.54) is 12.1 Å². The van der Waals surface area contributed by atoms with Crippen LogP contribution in [-0.4, -0.2) is 22.9 Å². The van der Waals surface area contributed by atoms with Gasteiger partial charge in [0.1, 0.15) is 5.75 Å². The van der Waals surface area contributed by atoms with Crippen molar-refractivity contribution in [3.8, 4) is 5.75 Å². The van der Waals surface area contributed by atoms with Crippen molar-refractivity contribution >= 4 is 17.5 Å². The summed E-state index contributed by atoms with van der Waals surface area (Å²) in [5, 5.41) is 12.2. The molecule has 3 nitrogen and oxygen atoms in total. The van der Waals surface area contributed by atoms with Crippen molar-refractivity contribution < 1.29 is 9.90 Å². The lowest BCUT2D eigenvalue weighted by molar-refractivity contribution is 0.0924. The van der Waals surface area contributed by atoms with Gasteiger partial charge >= 0.3 is 0 Å². The molecule has 0 radical (unpaired) electrons. The van der Waals surface area contributed by atoms with E-state index < -0.39 is 0 Å². The third-order valence-corrected chi connectivity index (χ3v) is 2.87. The smallest absolute Gasteiger partial charge is 0.251 e. The number of phenolic OH excluding ortho intramolecular Hbond substituents is 1. The molecule has 0 aliphatic carbocycles. The largest absolute Gasteiger partial charge is 0.508 e. The fourth-order valence-electron chi connectivity index (χ4n) is 1.59. The zero-order chi connectivity index (χ0) is 12.8. The van der Waals surface area contributed by atoms with Crippen LogP contribution in [0.4, 0.5) is 0 Å². The monoisotopic (exact) mass is 255 g/mol. The quantitative estimate of drug-likeness (QED) is 0.795. The van der Waals surface area contributed by atoms with Crippen LogP contribution in [0.2, 0.25) is 0 Å². The van der Waals surface area contributed by atoms with Gasteiger partial charge in [0.15, 0.2) is 0 Å². The van der Waals surface area contributed by atoms with Crippen molar-refractivity contribution in [2.45, 2.75) is 26.3 Å². The number of hydrogen-bond acceptors (Lipinski definition) is 2. The van der Waals surface area contributed by atoms with Gasteiger partial charge < -0.3 is 10.4 Å². The number of alkyl halides is 1. The van der Waals surface area contributed by atoms with E-state index in [0.717, 1.165) is 6.42 Å². The Labute approximate surface area is 107 Å². The second-order valence-electron chi connectivity index (χ2n) is 4.35. The molecular formula is C13H18ClNO2. The van der Waals surface area contributed by atoms with Crippen molar-refractivity contribution in [3.05, 3.63) is 29.8 Å². The van der Waals surface area contributed by atoms with Crippen molar-refractivity contribution in [1.82, 2.24) is 5.32 Å². The summed E-state index contributed by atoms with van der Waals surface area (Å²) in [6.45, 7) is 4.08. The molecule has 0 heterocycles. The number of aromatic hydroxyl groups is 1. The summed E-state index contributed by atoms with van der Waals surface area (Å²) in [5.41, 5.74) is 0.463. The van der Waals surface area contributed by atoms with Gasteiger partial charge in [-0.3, -0.25) is 4.79 Å². The van der Waals surface area contributed by atoms with Crippen LogP contribution in [0.3, 0.4) is 0 Å². The van der Waals surface area contributed by atoms with E-state index in [0.29, 0.717) is 17.4 Å². The maximum Gasteiger partial charge on any atom is 0.251 e. The normalized spacial score (nSPS) is 12.5. The summed E-state index contributed by atoms with van der Waals surface area (Å²) in [4.78, 5) is 11.9.